The summed E-state index contributed by atoms with van der Waals surface area (Å²) in [6.07, 6.45) is 2.49. The van der Waals surface area contributed by atoms with Gasteiger partial charge in [-0.25, -0.2) is 4.39 Å². The molecule has 6 heteroatoms. The number of piperidine rings is 1. The smallest absolute Gasteiger partial charge is 0.227 e. The van der Waals surface area contributed by atoms with Crippen molar-refractivity contribution >= 4 is 11.6 Å². The van der Waals surface area contributed by atoms with Crippen molar-refractivity contribution in [3.63, 3.8) is 0 Å². The van der Waals surface area contributed by atoms with Crippen LogP contribution in [0.15, 0.2) is 24.3 Å². The number of anilines is 1. The molecule has 0 saturated carbocycles. The Bertz CT molecular complexity index is 619. The molecule has 5 nitrogen and oxygen atoms in total. The molecular weight excluding hydrogens is 319 g/mol. The molecule has 25 heavy (non-hydrogen) atoms. The van der Waals surface area contributed by atoms with Crippen LogP contribution in [0.4, 0.5) is 10.1 Å². The van der Waals surface area contributed by atoms with E-state index in [1.807, 2.05) is 4.90 Å². The zero-order valence-electron chi connectivity index (χ0n) is 14.5. The monoisotopic (exact) mass is 344 g/mol. The van der Waals surface area contributed by atoms with Crippen molar-refractivity contribution in [3.05, 3.63) is 30.1 Å². The molecule has 0 bridgehead atoms. The van der Waals surface area contributed by atoms with E-state index in [4.69, 9.17) is 5.26 Å². The Hall–Kier alpha value is -2.13. The minimum atomic E-state index is -0.226. The van der Waals surface area contributed by atoms with Gasteiger partial charge in [0, 0.05) is 51.4 Å². The summed E-state index contributed by atoms with van der Waals surface area (Å²) in [7, 11) is 0. The van der Waals surface area contributed by atoms with Crippen LogP contribution >= 0.6 is 0 Å². The van der Waals surface area contributed by atoms with E-state index in [0.29, 0.717) is 19.5 Å². The Morgan fingerprint density at radius 2 is 1.88 bits per heavy atom. The second kappa shape index (κ2) is 8.30. The number of likely N-dealkylation sites (tertiary alicyclic amines) is 1. The molecule has 0 aliphatic carbocycles. The van der Waals surface area contributed by atoms with Crippen molar-refractivity contribution < 1.29 is 9.18 Å². The maximum absolute atomic E-state index is 13.0. The fourth-order valence-electron chi connectivity index (χ4n) is 3.76. The first-order valence-corrected chi connectivity index (χ1v) is 9.06. The Kier molecular flexibility index (Phi) is 5.87. The molecule has 0 radical (unpaired) electrons. The van der Waals surface area contributed by atoms with Crippen LogP contribution in [0.1, 0.15) is 19.3 Å². The van der Waals surface area contributed by atoms with Gasteiger partial charge in [0.15, 0.2) is 0 Å². The van der Waals surface area contributed by atoms with Gasteiger partial charge >= 0.3 is 0 Å². The third-order valence-corrected chi connectivity index (χ3v) is 5.18. The summed E-state index contributed by atoms with van der Waals surface area (Å²) >= 11 is 0. The van der Waals surface area contributed by atoms with Crippen LogP contribution < -0.4 is 4.90 Å². The molecule has 2 aliphatic rings. The standard InChI is InChI=1S/C19H25FN4O/c20-17-4-6-18(7-5-17)23-11-13-24(14-12-23)19(25)16-3-1-9-22(15-16)10-2-8-21/h4-7,16H,1-3,9-15H2. The lowest BCUT2D eigenvalue weighted by molar-refractivity contribution is -0.137. The maximum Gasteiger partial charge on any atom is 0.227 e. The molecule has 0 spiro atoms. The van der Waals surface area contributed by atoms with Crippen molar-refractivity contribution in [3.8, 4) is 6.07 Å². The van der Waals surface area contributed by atoms with Crippen molar-refractivity contribution in [1.82, 2.24) is 9.80 Å². The van der Waals surface area contributed by atoms with E-state index in [9.17, 15) is 9.18 Å². The van der Waals surface area contributed by atoms with Crippen LogP contribution in [-0.4, -0.2) is 61.5 Å². The van der Waals surface area contributed by atoms with Gasteiger partial charge in [-0.1, -0.05) is 0 Å². The molecular formula is C19H25FN4O. The van der Waals surface area contributed by atoms with Crippen molar-refractivity contribution in [2.75, 3.05) is 50.7 Å². The predicted molar refractivity (Wildman–Crippen MR) is 94.6 cm³/mol. The predicted octanol–water partition coefficient (Wildman–Crippen LogP) is 2.10. The number of halogens is 1. The normalized spacial score (nSPS) is 21.8. The lowest BCUT2D eigenvalue weighted by Crippen LogP contribution is -2.52. The van der Waals surface area contributed by atoms with Gasteiger partial charge in [0.05, 0.1) is 12.0 Å². The Balaban J connectivity index is 1.51. The Morgan fingerprint density at radius 1 is 1.16 bits per heavy atom. The second-order valence-corrected chi connectivity index (χ2v) is 6.84. The van der Waals surface area contributed by atoms with E-state index in [-0.39, 0.29) is 17.6 Å². The molecule has 2 heterocycles. The molecule has 1 unspecified atom stereocenters. The SMILES string of the molecule is N#CCCN1CCCC(C(=O)N2CCN(c3ccc(F)cc3)CC2)C1. The third-order valence-electron chi connectivity index (χ3n) is 5.18. The topological polar surface area (TPSA) is 50.6 Å². The average molecular weight is 344 g/mol. The first kappa shape index (κ1) is 17.7. The lowest BCUT2D eigenvalue weighted by atomic mass is 9.96. The van der Waals surface area contributed by atoms with Gasteiger partial charge in [0.25, 0.3) is 0 Å². The number of benzene rings is 1. The number of piperazine rings is 1. The van der Waals surface area contributed by atoms with Gasteiger partial charge in [-0.15, -0.1) is 0 Å². The number of nitriles is 1. The molecule has 134 valence electrons. The molecule has 1 amide bonds. The number of carbonyl (C=O) groups excluding carboxylic acids is 1. The highest BCUT2D eigenvalue weighted by Gasteiger charge is 2.30. The summed E-state index contributed by atoms with van der Waals surface area (Å²) in [5, 5.41) is 8.73. The van der Waals surface area contributed by atoms with E-state index < -0.39 is 0 Å². The molecule has 0 aromatic heterocycles. The molecule has 2 aliphatic heterocycles. The molecule has 3 rings (SSSR count). The molecule has 1 atom stereocenters. The summed E-state index contributed by atoms with van der Waals surface area (Å²) < 4.78 is 13.0. The van der Waals surface area contributed by atoms with E-state index >= 15 is 0 Å². The van der Waals surface area contributed by atoms with Crippen LogP contribution in [0.25, 0.3) is 0 Å². The number of rotatable bonds is 4. The van der Waals surface area contributed by atoms with Crippen molar-refractivity contribution in [1.29, 1.82) is 5.26 Å². The maximum atomic E-state index is 13.0. The summed E-state index contributed by atoms with van der Waals surface area (Å²) in [6.45, 7) is 5.52. The van der Waals surface area contributed by atoms with Crippen LogP contribution in [-0.2, 0) is 4.79 Å². The van der Waals surface area contributed by atoms with Crippen molar-refractivity contribution in [2.24, 2.45) is 5.92 Å². The fraction of sp³-hybridized carbons (Fsp3) is 0.579. The Morgan fingerprint density at radius 3 is 2.56 bits per heavy atom. The van der Waals surface area contributed by atoms with Crippen LogP contribution in [0, 0.1) is 23.1 Å². The van der Waals surface area contributed by atoms with Crippen LogP contribution in [0.5, 0.6) is 0 Å². The molecule has 1 aromatic carbocycles. The highest BCUT2D eigenvalue weighted by atomic mass is 19.1. The zero-order valence-corrected chi connectivity index (χ0v) is 14.5. The number of amides is 1. The first-order valence-electron chi connectivity index (χ1n) is 9.06. The van der Waals surface area contributed by atoms with Gasteiger partial charge < -0.3 is 14.7 Å². The number of hydrogen-bond donors (Lipinski definition) is 0. The molecule has 2 saturated heterocycles. The van der Waals surface area contributed by atoms with E-state index in [0.717, 1.165) is 51.3 Å². The minimum Gasteiger partial charge on any atom is -0.368 e. The second-order valence-electron chi connectivity index (χ2n) is 6.84. The minimum absolute atomic E-state index is 0.0600. The molecule has 0 N–H and O–H groups in total. The summed E-state index contributed by atoms with van der Waals surface area (Å²) in [4.78, 5) is 19.2. The average Bonchev–Trinajstić information content (AvgIpc) is 2.67. The molecule has 1 aromatic rings. The number of nitrogens with zero attached hydrogens (tertiary/aromatic N) is 4. The van der Waals surface area contributed by atoms with Gasteiger partial charge in [-0.05, 0) is 43.7 Å². The third kappa shape index (κ3) is 4.49. The zero-order chi connectivity index (χ0) is 17.6. The van der Waals surface area contributed by atoms with Gasteiger partial charge in [0.2, 0.25) is 5.91 Å². The van der Waals surface area contributed by atoms with E-state index in [1.165, 1.54) is 12.1 Å². The lowest BCUT2D eigenvalue weighted by Gasteiger charge is -2.39. The summed E-state index contributed by atoms with van der Waals surface area (Å²) in [6, 6.07) is 8.72. The quantitative estimate of drug-likeness (QED) is 0.839. The van der Waals surface area contributed by atoms with E-state index in [2.05, 4.69) is 15.9 Å². The largest absolute Gasteiger partial charge is 0.368 e. The Labute approximate surface area is 148 Å². The highest BCUT2D eigenvalue weighted by Crippen LogP contribution is 2.22. The highest BCUT2D eigenvalue weighted by molar-refractivity contribution is 5.79. The summed E-state index contributed by atoms with van der Waals surface area (Å²) in [5.74, 6) is 0.0843. The molecule has 2 fully saturated rings. The summed E-state index contributed by atoms with van der Waals surface area (Å²) in [5.41, 5.74) is 1.01. The van der Waals surface area contributed by atoms with Crippen LogP contribution in [0.2, 0.25) is 0 Å². The number of carbonyl (C=O) groups is 1. The van der Waals surface area contributed by atoms with Crippen LogP contribution in [0.3, 0.4) is 0 Å². The van der Waals surface area contributed by atoms with Gasteiger partial charge in [-0.2, -0.15) is 5.26 Å². The van der Waals surface area contributed by atoms with Gasteiger partial charge in [0.1, 0.15) is 5.82 Å². The number of hydrogen-bond acceptors (Lipinski definition) is 4. The van der Waals surface area contributed by atoms with Gasteiger partial charge in [-0.3, -0.25) is 4.79 Å². The van der Waals surface area contributed by atoms with E-state index in [1.54, 1.807) is 12.1 Å². The van der Waals surface area contributed by atoms with Crippen molar-refractivity contribution in [2.45, 2.75) is 19.3 Å². The fourth-order valence-corrected chi connectivity index (χ4v) is 3.76. The first-order chi connectivity index (χ1) is 12.2.